The van der Waals surface area contributed by atoms with Crippen molar-refractivity contribution in [3.8, 4) is 0 Å². The van der Waals surface area contributed by atoms with Crippen LogP contribution < -0.4 is 16.0 Å². The van der Waals surface area contributed by atoms with Crippen LogP contribution in [0.25, 0.3) is 0 Å². The van der Waals surface area contributed by atoms with Gasteiger partial charge in [-0.05, 0) is 40.0 Å². The molecule has 0 saturated carbocycles. The summed E-state index contributed by atoms with van der Waals surface area (Å²) in [7, 11) is -0.579. The van der Waals surface area contributed by atoms with Gasteiger partial charge in [-0.3, -0.25) is 4.79 Å². The Morgan fingerprint density at radius 3 is 2.50 bits per heavy atom. The Kier molecular flexibility index (Phi) is 6.06. The van der Waals surface area contributed by atoms with Gasteiger partial charge in [-0.2, -0.15) is 5.12 Å². The number of amides is 2. The number of carbonyl (C=O) groups excluding carboxylic acids is 2. The van der Waals surface area contributed by atoms with Gasteiger partial charge in [0, 0.05) is 17.4 Å². The summed E-state index contributed by atoms with van der Waals surface area (Å²) in [5, 5.41) is 2.37. The van der Waals surface area contributed by atoms with E-state index in [-0.39, 0.29) is 0 Å². The van der Waals surface area contributed by atoms with Crippen molar-refractivity contribution in [3.05, 3.63) is 11.5 Å². The fourth-order valence-electron chi connectivity index (χ4n) is 1.28. The smallest absolute Gasteiger partial charge is 0.427 e. The molecule has 1 rings (SSSR count). The van der Waals surface area contributed by atoms with Crippen molar-refractivity contribution in [2.24, 2.45) is 10.4 Å². The van der Waals surface area contributed by atoms with Crippen LogP contribution in [0.2, 0.25) is 0 Å². The van der Waals surface area contributed by atoms with Crippen LogP contribution in [-0.4, -0.2) is 34.9 Å². The second kappa shape index (κ2) is 7.18. The van der Waals surface area contributed by atoms with Gasteiger partial charge in [0.25, 0.3) is 5.91 Å². The van der Waals surface area contributed by atoms with Gasteiger partial charge in [0.2, 0.25) is 0 Å². The van der Waals surface area contributed by atoms with E-state index in [4.69, 9.17) is 15.4 Å². The molecule has 0 fully saturated rings. The average molecular weight is 333 g/mol. The van der Waals surface area contributed by atoms with E-state index >= 15 is 0 Å². The Morgan fingerprint density at radius 1 is 1.36 bits per heavy atom. The number of hydrogen-bond acceptors (Lipinski definition) is 6. The summed E-state index contributed by atoms with van der Waals surface area (Å²) in [4.78, 5) is 29.0. The highest BCUT2D eigenvalue weighted by atomic mass is 32.2. The minimum Gasteiger partial charge on any atom is -0.443 e. The number of hydrazine groups is 2. The summed E-state index contributed by atoms with van der Waals surface area (Å²) < 4.78 is 12.0. The zero-order valence-electron chi connectivity index (χ0n) is 13.4. The van der Waals surface area contributed by atoms with Crippen LogP contribution in [0.4, 0.5) is 4.79 Å². The van der Waals surface area contributed by atoms with Crippen LogP contribution in [-0.2, 0) is 25.2 Å². The highest BCUT2D eigenvalue weighted by molar-refractivity contribution is 7.88. The van der Waals surface area contributed by atoms with E-state index < -0.39 is 34.1 Å². The maximum absolute atomic E-state index is 12.2. The molecule has 0 saturated heterocycles. The fraction of sp³-hybridized carbons (Fsp3) is 0.667. The molecule has 1 aliphatic rings. The van der Waals surface area contributed by atoms with Crippen LogP contribution in [0, 0.1) is 0 Å². The minimum absolute atomic E-state index is 0.532. The summed E-state index contributed by atoms with van der Waals surface area (Å²) in [6.07, 6.45) is 1.07. The Balaban J connectivity index is 2.58. The fourth-order valence-corrected chi connectivity index (χ4v) is 2.30. The van der Waals surface area contributed by atoms with Crippen molar-refractivity contribution in [2.45, 2.75) is 45.8 Å². The number of nitrogens with one attached hydrogen (secondary N) is 2. The number of rotatable bonds is 3. The van der Waals surface area contributed by atoms with Gasteiger partial charge in [-0.15, -0.1) is 0 Å². The van der Waals surface area contributed by atoms with Gasteiger partial charge >= 0.3 is 6.09 Å². The molecule has 1 atom stereocenters. The molecule has 0 aromatic heterocycles. The quantitative estimate of drug-likeness (QED) is 0.397. The molecule has 4 N–H and O–H groups in total. The maximum Gasteiger partial charge on any atom is 0.427 e. The third-order valence-electron chi connectivity index (χ3n) is 2.26. The number of hydrogen-bond donors (Lipinski definition) is 3. The molecular weight excluding hydrogens is 310 g/mol. The second-order valence-electron chi connectivity index (χ2n) is 6.00. The highest BCUT2D eigenvalue weighted by Crippen LogP contribution is 2.13. The SMILES string of the molecule is CC(C)(C)OC(=O)NN(N)C(=O)C(C)(C)O/N=S1\C=CCN1. The van der Waals surface area contributed by atoms with Gasteiger partial charge in [0.1, 0.15) is 5.60 Å². The van der Waals surface area contributed by atoms with Gasteiger partial charge in [-0.1, -0.05) is 10.6 Å². The first-order valence-corrected chi connectivity index (χ1v) is 7.87. The van der Waals surface area contributed by atoms with Crippen LogP contribution in [0.15, 0.2) is 16.0 Å². The number of nitrogens with zero attached hydrogens (tertiary/aromatic N) is 2. The van der Waals surface area contributed by atoms with Crippen molar-refractivity contribution in [1.82, 2.24) is 15.3 Å². The lowest BCUT2D eigenvalue weighted by Crippen LogP contribution is -2.58. The molecule has 0 spiro atoms. The lowest BCUT2D eigenvalue weighted by molar-refractivity contribution is -0.157. The van der Waals surface area contributed by atoms with E-state index in [2.05, 4.69) is 14.7 Å². The molecule has 1 heterocycles. The van der Waals surface area contributed by atoms with Gasteiger partial charge < -0.3 is 4.74 Å². The third kappa shape index (κ3) is 6.10. The number of ether oxygens (including phenoxy) is 1. The molecule has 0 radical (unpaired) electrons. The van der Waals surface area contributed by atoms with E-state index in [0.29, 0.717) is 11.7 Å². The van der Waals surface area contributed by atoms with E-state index in [1.165, 1.54) is 13.8 Å². The first kappa shape index (κ1) is 18.6. The van der Waals surface area contributed by atoms with Crippen molar-refractivity contribution in [1.29, 1.82) is 0 Å². The lowest BCUT2D eigenvalue weighted by Gasteiger charge is -2.27. The molecule has 126 valence electrons. The van der Waals surface area contributed by atoms with E-state index in [0.717, 1.165) is 0 Å². The molecule has 1 unspecified atom stereocenters. The Morgan fingerprint density at radius 2 is 2.00 bits per heavy atom. The van der Waals surface area contributed by atoms with Crippen LogP contribution in [0.3, 0.4) is 0 Å². The van der Waals surface area contributed by atoms with Gasteiger partial charge in [-0.25, -0.2) is 25.6 Å². The highest BCUT2D eigenvalue weighted by Gasteiger charge is 2.35. The summed E-state index contributed by atoms with van der Waals surface area (Å²) in [6.45, 7) is 8.80. The van der Waals surface area contributed by atoms with Crippen LogP contribution >= 0.6 is 0 Å². The number of nitrogens with two attached hydrogens (primary N) is 1. The summed E-state index contributed by atoms with van der Waals surface area (Å²) >= 11 is 0. The van der Waals surface area contributed by atoms with Gasteiger partial charge in [0.15, 0.2) is 5.60 Å². The Labute approximate surface area is 132 Å². The molecule has 1 aliphatic heterocycles. The third-order valence-corrected chi connectivity index (χ3v) is 3.41. The first-order valence-electron chi connectivity index (χ1n) is 6.63. The zero-order valence-corrected chi connectivity index (χ0v) is 14.2. The van der Waals surface area contributed by atoms with Gasteiger partial charge in [0.05, 0.1) is 0 Å². The van der Waals surface area contributed by atoms with Crippen molar-refractivity contribution >= 4 is 22.9 Å². The topological polar surface area (TPSA) is 118 Å². The molecule has 0 aromatic rings. The molecule has 10 heteroatoms. The Hall–Kier alpha value is -1.49. The van der Waals surface area contributed by atoms with E-state index in [9.17, 15) is 9.59 Å². The van der Waals surface area contributed by atoms with Crippen molar-refractivity contribution in [2.75, 3.05) is 6.54 Å². The molecule has 9 nitrogen and oxygen atoms in total. The number of carbonyl (C=O) groups is 2. The maximum atomic E-state index is 12.2. The van der Waals surface area contributed by atoms with Crippen molar-refractivity contribution in [3.63, 3.8) is 0 Å². The normalized spacial score (nSPS) is 18.4. The summed E-state index contributed by atoms with van der Waals surface area (Å²) in [5.41, 5.74) is 0.0857. The summed E-state index contributed by atoms with van der Waals surface area (Å²) in [6, 6.07) is 0. The zero-order chi connectivity index (χ0) is 17.0. The summed E-state index contributed by atoms with van der Waals surface area (Å²) in [5.74, 6) is 4.86. The van der Waals surface area contributed by atoms with E-state index in [1.807, 2.05) is 11.5 Å². The molecule has 0 aliphatic carbocycles. The molecule has 22 heavy (non-hydrogen) atoms. The predicted octanol–water partition coefficient (Wildman–Crippen LogP) is 0.672. The largest absolute Gasteiger partial charge is 0.443 e. The molecule has 2 amide bonds. The van der Waals surface area contributed by atoms with Crippen molar-refractivity contribution < 1.29 is 19.2 Å². The average Bonchev–Trinajstić information content (AvgIpc) is 2.86. The monoisotopic (exact) mass is 333 g/mol. The first-order chi connectivity index (χ1) is 10.0. The van der Waals surface area contributed by atoms with Crippen LogP contribution in [0.1, 0.15) is 34.6 Å². The Bertz CT molecular complexity index is 498. The van der Waals surface area contributed by atoms with Crippen LogP contribution in [0.5, 0.6) is 0 Å². The predicted molar refractivity (Wildman–Crippen MR) is 82.5 cm³/mol. The second-order valence-corrected chi connectivity index (χ2v) is 7.34. The minimum atomic E-state index is -1.34. The molecule has 0 aromatic carbocycles. The molecule has 0 bridgehead atoms. The molecular formula is C12H23N5O4S. The van der Waals surface area contributed by atoms with E-state index in [1.54, 1.807) is 20.8 Å². The standard InChI is InChI=1S/C12H23N5O4S/c1-11(2,3)20-10(19)15-17(13)9(18)12(4,5)21-16-22-8-6-7-14-22/h6,8H,7,13H2,1-5H3,(H,14,16)(H,15,19). The lowest BCUT2D eigenvalue weighted by atomic mass is 10.1.